The highest BCUT2D eigenvalue weighted by atomic mass is 16.5. The molecule has 0 aliphatic heterocycles. The van der Waals surface area contributed by atoms with Gasteiger partial charge in [-0.2, -0.15) is 0 Å². The molecule has 1 unspecified atom stereocenters. The van der Waals surface area contributed by atoms with Crippen LogP contribution >= 0.6 is 0 Å². The van der Waals surface area contributed by atoms with Crippen LogP contribution in [0.25, 0.3) is 0 Å². The molecule has 0 saturated heterocycles. The van der Waals surface area contributed by atoms with Gasteiger partial charge in [-0.1, -0.05) is 54.5 Å². The van der Waals surface area contributed by atoms with Crippen LogP contribution in [0.4, 0.5) is 0 Å². The van der Waals surface area contributed by atoms with Gasteiger partial charge in [-0.25, -0.2) is 4.79 Å². The summed E-state index contributed by atoms with van der Waals surface area (Å²) >= 11 is 0. The smallest absolute Gasteiger partial charge is 0.333 e. The van der Waals surface area contributed by atoms with Crippen LogP contribution in [-0.4, -0.2) is 25.2 Å². The molecule has 0 amide bonds. The fourth-order valence-corrected chi connectivity index (χ4v) is 2.40. The molecule has 0 aromatic heterocycles. The number of hydrogen-bond donors (Lipinski definition) is 0. The standard InChI is InChI=1S/C20H36O4/c1-10-19(7,8)14-20(9,18(4,5)6)17(22)24-13-11-12-23-16(21)15(2)3/h2,10-14H2,1,3-9H3. The summed E-state index contributed by atoms with van der Waals surface area (Å²) in [6.45, 7) is 20.3. The summed E-state index contributed by atoms with van der Waals surface area (Å²) in [5, 5.41) is 0. The molecule has 0 N–H and O–H groups in total. The molecule has 0 radical (unpaired) electrons. The van der Waals surface area contributed by atoms with Gasteiger partial charge in [-0.3, -0.25) is 4.79 Å². The zero-order chi connectivity index (χ0) is 19.2. The molecule has 0 aliphatic carbocycles. The lowest BCUT2D eigenvalue weighted by molar-refractivity contribution is -0.165. The molecule has 140 valence electrons. The average molecular weight is 341 g/mol. The van der Waals surface area contributed by atoms with Crippen molar-refractivity contribution >= 4 is 11.9 Å². The van der Waals surface area contributed by atoms with Crippen LogP contribution in [0.5, 0.6) is 0 Å². The lowest BCUT2D eigenvalue weighted by atomic mass is 9.60. The van der Waals surface area contributed by atoms with E-state index in [1.165, 1.54) is 0 Å². The molecule has 0 spiro atoms. The third kappa shape index (κ3) is 6.66. The minimum absolute atomic E-state index is 0.0675. The summed E-state index contributed by atoms with van der Waals surface area (Å²) in [5.41, 5.74) is -0.337. The lowest BCUT2D eigenvalue weighted by Gasteiger charge is -2.44. The fraction of sp³-hybridized carbons (Fsp3) is 0.800. The number of rotatable bonds is 9. The van der Waals surface area contributed by atoms with Crippen molar-refractivity contribution in [2.75, 3.05) is 13.2 Å². The number of ether oxygens (including phenoxy) is 2. The second kappa shape index (κ2) is 8.68. The van der Waals surface area contributed by atoms with Gasteiger partial charge in [0.15, 0.2) is 0 Å². The first-order valence-electron chi connectivity index (χ1n) is 8.77. The summed E-state index contributed by atoms with van der Waals surface area (Å²) in [7, 11) is 0. The molecule has 0 heterocycles. The summed E-state index contributed by atoms with van der Waals surface area (Å²) in [4.78, 5) is 24.1. The van der Waals surface area contributed by atoms with E-state index in [0.29, 0.717) is 12.0 Å². The first-order valence-corrected chi connectivity index (χ1v) is 8.77. The van der Waals surface area contributed by atoms with Crippen LogP contribution < -0.4 is 0 Å². The van der Waals surface area contributed by atoms with Gasteiger partial charge in [-0.15, -0.1) is 0 Å². The molecule has 0 aromatic carbocycles. The van der Waals surface area contributed by atoms with Crippen molar-refractivity contribution in [3.63, 3.8) is 0 Å². The summed E-state index contributed by atoms with van der Waals surface area (Å²) in [5.74, 6) is -0.590. The highest BCUT2D eigenvalue weighted by molar-refractivity contribution is 5.86. The molecular formula is C20H36O4. The summed E-state index contributed by atoms with van der Waals surface area (Å²) < 4.78 is 10.5. The van der Waals surface area contributed by atoms with Crippen molar-refractivity contribution in [3.8, 4) is 0 Å². The van der Waals surface area contributed by atoms with Gasteiger partial charge in [0.2, 0.25) is 0 Å². The maximum Gasteiger partial charge on any atom is 0.333 e. The average Bonchev–Trinajstić information content (AvgIpc) is 2.44. The number of carbonyl (C=O) groups excluding carboxylic acids is 2. The van der Waals surface area contributed by atoms with Crippen molar-refractivity contribution in [1.29, 1.82) is 0 Å². The molecular weight excluding hydrogens is 304 g/mol. The second-order valence-corrected chi connectivity index (χ2v) is 8.68. The van der Waals surface area contributed by atoms with E-state index in [4.69, 9.17) is 9.47 Å². The Morgan fingerprint density at radius 1 is 0.958 bits per heavy atom. The van der Waals surface area contributed by atoms with Crippen LogP contribution in [0.15, 0.2) is 12.2 Å². The minimum atomic E-state index is -0.569. The molecule has 0 aromatic rings. The van der Waals surface area contributed by atoms with Crippen molar-refractivity contribution < 1.29 is 19.1 Å². The molecule has 0 bridgehead atoms. The first kappa shape index (κ1) is 22.7. The quantitative estimate of drug-likeness (QED) is 0.340. The predicted molar refractivity (Wildman–Crippen MR) is 97.6 cm³/mol. The van der Waals surface area contributed by atoms with E-state index in [-0.39, 0.29) is 30.0 Å². The molecule has 4 nitrogen and oxygen atoms in total. The molecule has 0 rings (SSSR count). The second-order valence-electron chi connectivity index (χ2n) is 8.68. The predicted octanol–water partition coefficient (Wildman–Crippen LogP) is 4.92. The Bertz CT molecular complexity index is 457. The Morgan fingerprint density at radius 2 is 1.46 bits per heavy atom. The Labute approximate surface area is 148 Å². The van der Waals surface area contributed by atoms with Crippen LogP contribution in [0.2, 0.25) is 0 Å². The van der Waals surface area contributed by atoms with Crippen molar-refractivity contribution in [2.45, 2.75) is 74.7 Å². The zero-order valence-electron chi connectivity index (χ0n) is 16.9. The van der Waals surface area contributed by atoms with E-state index < -0.39 is 11.4 Å². The van der Waals surface area contributed by atoms with Crippen molar-refractivity contribution in [3.05, 3.63) is 12.2 Å². The summed E-state index contributed by atoms with van der Waals surface area (Å²) in [6, 6.07) is 0. The molecule has 24 heavy (non-hydrogen) atoms. The molecule has 4 heteroatoms. The third-order valence-corrected chi connectivity index (χ3v) is 5.00. The van der Waals surface area contributed by atoms with Crippen molar-refractivity contribution in [1.82, 2.24) is 0 Å². The molecule has 1 atom stereocenters. The van der Waals surface area contributed by atoms with Gasteiger partial charge in [0, 0.05) is 12.0 Å². The monoisotopic (exact) mass is 340 g/mol. The van der Waals surface area contributed by atoms with Gasteiger partial charge >= 0.3 is 11.9 Å². The fourth-order valence-electron chi connectivity index (χ4n) is 2.40. The van der Waals surface area contributed by atoms with Crippen LogP contribution in [-0.2, 0) is 19.1 Å². The van der Waals surface area contributed by atoms with Crippen LogP contribution in [0.3, 0.4) is 0 Å². The Balaban J connectivity index is 4.70. The third-order valence-electron chi connectivity index (χ3n) is 5.00. The SMILES string of the molecule is C=C(C)C(=O)OCCCOC(=O)C(C)(CC(C)(C)CC)C(C)(C)C. The van der Waals surface area contributed by atoms with Gasteiger partial charge in [-0.05, 0) is 31.1 Å². The zero-order valence-corrected chi connectivity index (χ0v) is 16.9. The minimum Gasteiger partial charge on any atom is -0.465 e. The highest BCUT2D eigenvalue weighted by Gasteiger charge is 2.48. The van der Waals surface area contributed by atoms with E-state index in [1.54, 1.807) is 6.92 Å². The van der Waals surface area contributed by atoms with Gasteiger partial charge in [0.05, 0.1) is 18.6 Å². The molecule has 0 saturated carbocycles. The van der Waals surface area contributed by atoms with Gasteiger partial charge < -0.3 is 9.47 Å². The van der Waals surface area contributed by atoms with Crippen LogP contribution in [0, 0.1) is 16.2 Å². The first-order chi connectivity index (χ1) is 10.8. The maximum absolute atomic E-state index is 12.8. The van der Waals surface area contributed by atoms with Crippen molar-refractivity contribution in [2.24, 2.45) is 16.2 Å². The van der Waals surface area contributed by atoms with E-state index in [2.05, 4.69) is 48.1 Å². The lowest BCUT2D eigenvalue weighted by Crippen LogP contribution is -2.44. The molecule has 0 fully saturated rings. The van der Waals surface area contributed by atoms with E-state index >= 15 is 0 Å². The number of carbonyl (C=O) groups is 2. The highest BCUT2D eigenvalue weighted by Crippen LogP contribution is 2.48. The Hall–Kier alpha value is -1.32. The summed E-state index contributed by atoms with van der Waals surface area (Å²) in [6.07, 6.45) is 2.26. The van der Waals surface area contributed by atoms with E-state index in [0.717, 1.165) is 12.8 Å². The topological polar surface area (TPSA) is 52.6 Å². The number of esters is 2. The van der Waals surface area contributed by atoms with Gasteiger partial charge in [0.1, 0.15) is 0 Å². The molecule has 0 aliphatic rings. The van der Waals surface area contributed by atoms with E-state index in [9.17, 15) is 9.59 Å². The largest absolute Gasteiger partial charge is 0.465 e. The normalized spacial score (nSPS) is 14.7. The maximum atomic E-state index is 12.8. The van der Waals surface area contributed by atoms with Gasteiger partial charge in [0.25, 0.3) is 0 Å². The Kier molecular flexibility index (Phi) is 8.20. The van der Waals surface area contributed by atoms with E-state index in [1.807, 2.05) is 6.92 Å². The Morgan fingerprint density at radius 3 is 1.88 bits per heavy atom. The number of hydrogen-bond acceptors (Lipinski definition) is 4. The van der Waals surface area contributed by atoms with Crippen LogP contribution in [0.1, 0.15) is 74.7 Å².